The second-order valence-corrected chi connectivity index (χ2v) is 8.27. The maximum absolute atomic E-state index is 5.97. The average Bonchev–Trinajstić information content (AvgIpc) is 3.39. The number of aromatic nitrogens is 5. The van der Waals surface area contributed by atoms with Crippen LogP contribution in [-0.2, 0) is 6.54 Å². The zero-order valence-electron chi connectivity index (χ0n) is 14.7. The van der Waals surface area contributed by atoms with Crippen LogP contribution in [0, 0.1) is 5.92 Å². The van der Waals surface area contributed by atoms with E-state index in [2.05, 4.69) is 10.00 Å². The molecule has 0 aliphatic carbocycles. The molecule has 0 N–H and O–H groups in total. The summed E-state index contributed by atoms with van der Waals surface area (Å²) in [5.41, 5.74) is 1.98. The summed E-state index contributed by atoms with van der Waals surface area (Å²) in [5.74, 6) is 0.682. The smallest absolute Gasteiger partial charge is 0.214 e. The van der Waals surface area contributed by atoms with Gasteiger partial charge in [0.05, 0.1) is 11.9 Å². The van der Waals surface area contributed by atoms with Crippen LogP contribution in [0.25, 0.3) is 16.2 Å². The molecule has 0 spiro atoms. The van der Waals surface area contributed by atoms with Crippen LogP contribution in [0.15, 0.2) is 48.9 Å². The third-order valence-electron chi connectivity index (χ3n) is 5.06. The zero-order chi connectivity index (χ0) is 18.2. The highest BCUT2D eigenvalue weighted by molar-refractivity contribution is 7.20. The first-order chi connectivity index (χ1) is 13.2. The lowest BCUT2D eigenvalue weighted by atomic mass is 9.97. The largest absolute Gasteiger partial charge is 0.347 e. The van der Waals surface area contributed by atoms with Gasteiger partial charge >= 0.3 is 0 Å². The predicted octanol–water partition coefficient (Wildman–Crippen LogP) is 4.22. The summed E-state index contributed by atoms with van der Waals surface area (Å²) in [5, 5.41) is 10.9. The molecule has 1 fully saturated rings. The van der Waals surface area contributed by atoms with Crippen LogP contribution in [-0.4, -0.2) is 37.5 Å². The van der Waals surface area contributed by atoms with E-state index in [1.54, 1.807) is 11.3 Å². The van der Waals surface area contributed by atoms with Crippen molar-refractivity contribution in [2.75, 3.05) is 18.0 Å². The highest BCUT2D eigenvalue weighted by Crippen LogP contribution is 2.30. The summed E-state index contributed by atoms with van der Waals surface area (Å²) < 4.78 is 3.93. The Morgan fingerprint density at radius 1 is 1.15 bits per heavy atom. The molecule has 6 nitrogen and oxygen atoms in total. The van der Waals surface area contributed by atoms with E-state index in [0.29, 0.717) is 5.92 Å². The van der Waals surface area contributed by atoms with Gasteiger partial charge in [0.25, 0.3) is 0 Å². The number of anilines is 1. The van der Waals surface area contributed by atoms with Gasteiger partial charge in [-0.05, 0) is 37.0 Å². The number of rotatable bonds is 4. The fourth-order valence-corrected chi connectivity index (χ4v) is 4.62. The van der Waals surface area contributed by atoms with Crippen molar-refractivity contribution >= 4 is 33.0 Å². The molecule has 3 aromatic heterocycles. The van der Waals surface area contributed by atoms with E-state index in [1.165, 1.54) is 0 Å². The molecule has 1 aliphatic rings. The summed E-state index contributed by atoms with van der Waals surface area (Å²) in [4.78, 5) is 8.03. The summed E-state index contributed by atoms with van der Waals surface area (Å²) in [6.45, 7) is 3.08. The Balaban J connectivity index is 1.27. The summed E-state index contributed by atoms with van der Waals surface area (Å²) in [6, 6.07) is 9.73. The number of hydrogen-bond acceptors (Lipinski definition) is 5. The molecule has 27 heavy (non-hydrogen) atoms. The highest BCUT2D eigenvalue weighted by atomic mass is 35.5. The van der Waals surface area contributed by atoms with E-state index in [-0.39, 0.29) is 0 Å². The van der Waals surface area contributed by atoms with E-state index in [1.807, 2.05) is 58.1 Å². The Morgan fingerprint density at radius 2 is 1.96 bits per heavy atom. The van der Waals surface area contributed by atoms with Gasteiger partial charge in [-0.25, -0.2) is 9.50 Å². The van der Waals surface area contributed by atoms with Gasteiger partial charge in [0, 0.05) is 42.6 Å². The molecule has 4 aromatic rings. The number of nitrogens with zero attached hydrogens (tertiary/aromatic N) is 6. The second-order valence-electron chi connectivity index (χ2n) is 6.90. The lowest BCUT2D eigenvalue weighted by molar-refractivity contribution is 0.342. The van der Waals surface area contributed by atoms with Crippen LogP contribution in [0.5, 0.6) is 0 Å². The first-order valence-corrected chi connectivity index (χ1v) is 10.3. The minimum Gasteiger partial charge on any atom is -0.347 e. The number of hydrogen-bond donors (Lipinski definition) is 0. The topological polar surface area (TPSA) is 51.2 Å². The molecule has 8 heteroatoms. The molecular weight excluding hydrogens is 380 g/mol. The van der Waals surface area contributed by atoms with Crippen LogP contribution in [0.3, 0.4) is 0 Å². The Kier molecular flexibility index (Phi) is 4.33. The quantitative estimate of drug-likeness (QED) is 0.516. The van der Waals surface area contributed by atoms with Crippen molar-refractivity contribution in [2.24, 2.45) is 5.92 Å². The van der Waals surface area contributed by atoms with Crippen LogP contribution in [0.2, 0.25) is 5.02 Å². The first kappa shape index (κ1) is 16.8. The summed E-state index contributed by atoms with van der Waals surface area (Å²) in [7, 11) is 0. The first-order valence-electron chi connectivity index (χ1n) is 9.09. The zero-order valence-corrected chi connectivity index (χ0v) is 16.3. The number of halogens is 1. The monoisotopic (exact) mass is 398 g/mol. The number of imidazole rings is 1. The van der Waals surface area contributed by atoms with Gasteiger partial charge in [0.2, 0.25) is 10.1 Å². The van der Waals surface area contributed by atoms with Gasteiger partial charge in [-0.3, -0.25) is 4.68 Å². The van der Waals surface area contributed by atoms with Gasteiger partial charge in [-0.2, -0.15) is 5.10 Å². The van der Waals surface area contributed by atoms with Crippen LogP contribution >= 0.6 is 22.9 Å². The second kappa shape index (κ2) is 6.98. The van der Waals surface area contributed by atoms with Gasteiger partial charge in [-0.15, -0.1) is 5.10 Å². The Labute approximate surface area is 166 Å². The van der Waals surface area contributed by atoms with Crippen LogP contribution < -0.4 is 4.90 Å². The highest BCUT2D eigenvalue weighted by Gasteiger charge is 2.23. The predicted molar refractivity (Wildman–Crippen MR) is 108 cm³/mol. The van der Waals surface area contributed by atoms with Crippen molar-refractivity contribution < 1.29 is 0 Å². The average molecular weight is 399 g/mol. The van der Waals surface area contributed by atoms with Crippen molar-refractivity contribution in [3.63, 3.8) is 0 Å². The summed E-state index contributed by atoms with van der Waals surface area (Å²) >= 11 is 7.62. The van der Waals surface area contributed by atoms with E-state index in [0.717, 1.165) is 58.8 Å². The molecule has 0 bridgehead atoms. The minimum absolute atomic E-state index is 0.682. The third kappa shape index (κ3) is 3.44. The normalized spacial score (nSPS) is 15.7. The fourth-order valence-electron chi connectivity index (χ4n) is 3.56. The molecule has 1 saturated heterocycles. The van der Waals surface area contributed by atoms with E-state index in [4.69, 9.17) is 21.7 Å². The molecule has 0 radical (unpaired) electrons. The Bertz CT molecular complexity index is 997. The number of piperidine rings is 1. The van der Waals surface area contributed by atoms with E-state index in [9.17, 15) is 0 Å². The molecule has 0 atom stereocenters. The SMILES string of the molecule is Clc1ccc(-c2cn3nc(N4CCC(Cn5cccn5)CC4)sc3n2)cc1. The van der Waals surface area contributed by atoms with Gasteiger partial charge < -0.3 is 4.90 Å². The maximum Gasteiger partial charge on any atom is 0.214 e. The molecule has 138 valence electrons. The van der Waals surface area contributed by atoms with Crippen molar-refractivity contribution in [3.05, 3.63) is 53.9 Å². The molecule has 5 rings (SSSR count). The molecule has 0 saturated carbocycles. The number of benzene rings is 1. The van der Waals surface area contributed by atoms with Crippen LogP contribution in [0.1, 0.15) is 12.8 Å². The van der Waals surface area contributed by atoms with E-state index >= 15 is 0 Å². The molecule has 1 aromatic carbocycles. The molecule has 0 amide bonds. The van der Waals surface area contributed by atoms with Crippen molar-refractivity contribution in [1.82, 2.24) is 24.4 Å². The molecule has 4 heterocycles. The van der Waals surface area contributed by atoms with Crippen molar-refractivity contribution in [1.29, 1.82) is 0 Å². The molecular formula is C19H19ClN6S. The maximum atomic E-state index is 5.97. The number of fused-ring (bicyclic) bond motifs is 1. The third-order valence-corrected chi connectivity index (χ3v) is 6.30. The Morgan fingerprint density at radius 3 is 2.67 bits per heavy atom. The van der Waals surface area contributed by atoms with E-state index < -0.39 is 0 Å². The van der Waals surface area contributed by atoms with Gasteiger partial charge in [-0.1, -0.05) is 35.1 Å². The standard InChI is InChI=1S/C19H19ClN6S/c20-16-4-2-15(3-5-16)17-13-26-18(22-17)27-19(23-26)24-10-6-14(7-11-24)12-25-9-1-8-21-25/h1-5,8-9,13-14H,6-7,10-12H2. The van der Waals surface area contributed by atoms with Crippen molar-refractivity contribution in [2.45, 2.75) is 19.4 Å². The fraction of sp³-hybridized carbons (Fsp3) is 0.316. The van der Waals surface area contributed by atoms with Crippen LogP contribution in [0.4, 0.5) is 5.13 Å². The van der Waals surface area contributed by atoms with Crippen molar-refractivity contribution in [3.8, 4) is 11.3 Å². The Hall–Kier alpha value is -2.38. The van der Waals surface area contributed by atoms with Gasteiger partial charge in [0.1, 0.15) is 0 Å². The lowest BCUT2D eigenvalue weighted by Gasteiger charge is -2.31. The molecule has 1 aliphatic heterocycles. The molecule has 0 unspecified atom stereocenters. The lowest BCUT2D eigenvalue weighted by Crippen LogP contribution is -2.35. The van der Waals surface area contributed by atoms with Gasteiger partial charge in [0.15, 0.2) is 0 Å². The minimum atomic E-state index is 0.682. The summed E-state index contributed by atoms with van der Waals surface area (Å²) in [6.07, 6.45) is 8.21.